The van der Waals surface area contributed by atoms with Crippen LogP contribution < -0.4 is 10.6 Å². The summed E-state index contributed by atoms with van der Waals surface area (Å²) in [6.07, 6.45) is 0.440. The van der Waals surface area contributed by atoms with Crippen molar-refractivity contribution in [2.24, 2.45) is 5.41 Å². The van der Waals surface area contributed by atoms with Gasteiger partial charge < -0.3 is 20.5 Å². The predicted octanol–water partition coefficient (Wildman–Crippen LogP) is 4.06. The molecule has 2 aromatic rings. The van der Waals surface area contributed by atoms with E-state index in [1.165, 1.54) is 0 Å². The molecule has 33 heavy (non-hydrogen) atoms. The smallest absolute Gasteiger partial charge is 0.407 e. The van der Waals surface area contributed by atoms with Crippen LogP contribution in [0.3, 0.4) is 0 Å². The standard InChI is InChI=1S/C26H30N2O5/c1-25(2,3)22(23(31)28-26(12-13-26)14-21(29)30)27-24(32)33-15-20-18-10-6-4-8-16(18)17-9-5-7-11-19(17)20/h4-11,20,22H,12-15H2,1-3H3,(H,27,32)(H,28,31)(H,29,30)/t22-/m1/s1. The number of fused-ring (bicyclic) bond motifs is 3. The Morgan fingerprint density at radius 1 is 1.03 bits per heavy atom. The molecular weight excluding hydrogens is 420 g/mol. The molecule has 1 fully saturated rings. The Morgan fingerprint density at radius 2 is 1.58 bits per heavy atom. The largest absolute Gasteiger partial charge is 0.481 e. The summed E-state index contributed by atoms with van der Waals surface area (Å²) < 4.78 is 5.60. The molecule has 1 atom stereocenters. The van der Waals surface area contributed by atoms with Crippen LogP contribution in [0.15, 0.2) is 48.5 Å². The van der Waals surface area contributed by atoms with Crippen molar-refractivity contribution in [1.29, 1.82) is 0 Å². The first-order valence-corrected chi connectivity index (χ1v) is 11.2. The predicted molar refractivity (Wildman–Crippen MR) is 124 cm³/mol. The Kier molecular flexibility index (Phi) is 5.91. The van der Waals surface area contributed by atoms with E-state index in [4.69, 9.17) is 9.84 Å². The first-order valence-electron chi connectivity index (χ1n) is 11.2. The molecule has 4 rings (SSSR count). The second-order valence-corrected chi connectivity index (χ2v) is 10.1. The van der Waals surface area contributed by atoms with Crippen LogP contribution in [0.4, 0.5) is 4.79 Å². The van der Waals surface area contributed by atoms with Crippen LogP contribution in [0, 0.1) is 5.41 Å². The molecular formula is C26H30N2O5. The van der Waals surface area contributed by atoms with E-state index in [1.54, 1.807) is 0 Å². The summed E-state index contributed by atoms with van der Waals surface area (Å²) >= 11 is 0. The summed E-state index contributed by atoms with van der Waals surface area (Å²) in [6.45, 7) is 5.69. The van der Waals surface area contributed by atoms with Gasteiger partial charge in [-0.25, -0.2) is 4.79 Å². The average Bonchev–Trinajstić information content (AvgIpc) is 3.41. The van der Waals surface area contributed by atoms with E-state index in [0.29, 0.717) is 12.8 Å². The fraction of sp³-hybridized carbons (Fsp3) is 0.423. The zero-order valence-corrected chi connectivity index (χ0v) is 19.2. The Hall–Kier alpha value is -3.35. The average molecular weight is 451 g/mol. The summed E-state index contributed by atoms with van der Waals surface area (Å²) in [5, 5.41) is 14.7. The minimum atomic E-state index is -0.954. The van der Waals surface area contributed by atoms with Crippen LogP contribution in [0.25, 0.3) is 11.1 Å². The van der Waals surface area contributed by atoms with E-state index in [2.05, 4.69) is 22.8 Å². The Bertz CT molecular complexity index is 1040. The lowest BCUT2D eigenvalue weighted by atomic mass is 9.86. The highest BCUT2D eigenvalue weighted by molar-refractivity contribution is 5.88. The fourth-order valence-corrected chi connectivity index (χ4v) is 4.55. The van der Waals surface area contributed by atoms with Crippen molar-refractivity contribution < 1.29 is 24.2 Å². The van der Waals surface area contributed by atoms with Gasteiger partial charge in [-0.05, 0) is 40.5 Å². The van der Waals surface area contributed by atoms with Gasteiger partial charge in [-0.2, -0.15) is 0 Å². The van der Waals surface area contributed by atoms with Gasteiger partial charge in [0.25, 0.3) is 0 Å². The van der Waals surface area contributed by atoms with Crippen molar-refractivity contribution in [1.82, 2.24) is 10.6 Å². The Labute approximate surface area is 193 Å². The van der Waals surface area contributed by atoms with Gasteiger partial charge in [0.2, 0.25) is 5.91 Å². The number of nitrogens with one attached hydrogen (secondary N) is 2. The van der Waals surface area contributed by atoms with E-state index in [1.807, 2.05) is 57.2 Å². The molecule has 174 valence electrons. The third-order valence-corrected chi connectivity index (χ3v) is 6.47. The molecule has 1 saturated carbocycles. The second kappa shape index (κ2) is 8.54. The van der Waals surface area contributed by atoms with Gasteiger partial charge in [0, 0.05) is 5.92 Å². The number of amides is 2. The van der Waals surface area contributed by atoms with Crippen LogP contribution >= 0.6 is 0 Å². The molecule has 0 unspecified atom stereocenters. The normalized spacial score (nSPS) is 16.8. The lowest BCUT2D eigenvalue weighted by molar-refractivity contribution is -0.138. The van der Waals surface area contributed by atoms with Crippen LogP contribution in [0.5, 0.6) is 0 Å². The van der Waals surface area contributed by atoms with Gasteiger partial charge in [0.05, 0.1) is 12.0 Å². The number of hydrogen-bond donors (Lipinski definition) is 3. The van der Waals surface area contributed by atoms with Crippen molar-refractivity contribution in [3.05, 3.63) is 59.7 Å². The van der Waals surface area contributed by atoms with Crippen molar-refractivity contribution in [2.75, 3.05) is 6.61 Å². The molecule has 7 nitrogen and oxygen atoms in total. The van der Waals surface area contributed by atoms with Crippen molar-refractivity contribution in [3.63, 3.8) is 0 Å². The summed E-state index contributed by atoms with van der Waals surface area (Å²) in [4.78, 5) is 36.8. The molecule has 7 heteroatoms. The lowest BCUT2D eigenvalue weighted by Crippen LogP contribution is -2.56. The highest BCUT2D eigenvalue weighted by Gasteiger charge is 2.48. The number of rotatable bonds is 7. The van der Waals surface area contributed by atoms with Crippen LogP contribution in [0.2, 0.25) is 0 Å². The number of carboxylic acids is 1. The number of ether oxygens (including phenoxy) is 1. The van der Waals surface area contributed by atoms with Crippen LogP contribution in [-0.4, -0.2) is 41.3 Å². The molecule has 2 aliphatic carbocycles. The van der Waals surface area contributed by atoms with E-state index in [9.17, 15) is 14.4 Å². The molecule has 0 bridgehead atoms. The number of carboxylic acid groups (broad SMARTS) is 1. The van der Waals surface area contributed by atoms with Crippen molar-refractivity contribution in [3.8, 4) is 11.1 Å². The number of benzene rings is 2. The highest BCUT2D eigenvalue weighted by Crippen LogP contribution is 2.44. The maximum absolute atomic E-state index is 13.0. The molecule has 2 aliphatic rings. The second-order valence-electron chi connectivity index (χ2n) is 10.1. The molecule has 0 heterocycles. The summed E-state index contributed by atoms with van der Waals surface area (Å²) in [5.41, 5.74) is 3.20. The third kappa shape index (κ3) is 4.87. The topological polar surface area (TPSA) is 105 Å². The van der Waals surface area contributed by atoms with Gasteiger partial charge in [-0.1, -0.05) is 69.3 Å². The molecule has 0 saturated heterocycles. The molecule has 0 aromatic heterocycles. The number of hydrogen-bond acceptors (Lipinski definition) is 4. The molecule has 2 amide bonds. The summed E-state index contributed by atoms with van der Waals surface area (Å²) in [6, 6.07) is 15.3. The molecule has 0 radical (unpaired) electrons. The number of aliphatic carboxylic acids is 1. The Morgan fingerprint density at radius 3 is 2.06 bits per heavy atom. The Balaban J connectivity index is 1.43. The van der Waals surface area contributed by atoms with Crippen LogP contribution in [-0.2, 0) is 14.3 Å². The minimum absolute atomic E-state index is 0.0737. The number of carbonyl (C=O) groups excluding carboxylic acids is 2. The zero-order chi connectivity index (χ0) is 23.8. The third-order valence-electron chi connectivity index (χ3n) is 6.47. The van der Waals surface area contributed by atoms with Gasteiger partial charge in [-0.15, -0.1) is 0 Å². The quantitative estimate of drug-likeness (QED) is 0.590. The molecule has 0 aliphatic heterocycles. The maximum Gasteiger partial charge on any atom is 0.407 e. The summed E-state index contributed by atoms with van der Waals surface area (Å²) in [5.74, 6) is -1.42. The van der Waals surface area contributed by atoms with E-state index in [0.717, 1.165) is 22.3 Å². The molecule has 3 N–H and O–H groups in total. The first kappa shape index (κ1) is 22.8. The van der Waals surface area contributed by atoms with Gasteiger partial charge >= 0.3 is 12.1 Å². The molecule has 2 aromatic carbocycles. The van der Waals surface area contributed by atoms with E-state index < -0.39 is 35.0 Å². The van der Waals surface area contributed by atoms with E-state index >= 15 is 0 Å². The number of alkyl carbamates (subject to hydrolysis) is 1. The van der Waals surface area contributed by atoms with Crippen molar-refractivity contribution in [2.45, 2.75) is 57.5 Å². The number of carbonyl (C=O) groups is 3. The summed E-state index contributed by atoms with van der Waals surface area (Å²) in [7, 11) is 0. The van der Waals surface area contributed by atoms with E-state index in [-0.39, 0.29) is 18.9 Å². The van der Waals surface area contributed by atoms with Crippen molar-refractivity contribution >= 4 is 18.0 Å². The first-order chi connectivity index (χ1) is 15.6. The highest BCUT2D eigenvalue weighted by atomic mass is 16.5. The zero-order valence-electron chi connectivity index (χ0n) is 19.2. The monoisotopic (exact) mass is 450 g/mol. The fourth-order valence-electron chi connectivity index (χ4n) is 4.55. The van der Waals surface area contributed by atoms with Gasteiger partial charge in [0.1, 0.15) is 12.6 Å². The minimum Gasteiger partial charge on any atom is -0.481 e. The SMILES string of the molecule is CC(C)(C)[C@H](NC(=O)OCC1c2ccccc2-c2ccccc21)C(=O)NC1(CC(=O)O)CC1. The van der Waals surface area contributed by atoms with Gasteiger partial charge in [-0.3, -0.25) is 9.59 Å². The molecule has 0 spiro atoms. The van der Waals surface area contributed by atoms with Crippen LogP contribution in [0.1, 0.15) is 57.1 Å². The lowest BCUT2D eigenvalue weighted by Gasteiger charge is -2.31. The van der Waals surface area contributed by atoms with Gasteiger partial charge in [0.15, 0.2) is 0 Å². The maximum atomic E-state index is 13.0.